The number of hydrogen-bond acceptors (Lipinski definition) is 4. The fourth-order valence-electron chi connectivity index (χ4n) is 5.02. The largest absolute Gasteiger partial charge is 0.347 e. The van der Waals surface area contributed by atoms with E-state index in [1.165, 1.54) is 30.0 Å². The highest BCUT2D eigenvalue weighted by Gasteiger charge is 2.56. The number of sulfone groups is 1. The van der Waals surface area contributed by atoms with E-state index in [0.717, 1.165) is 37.7 Å². The molecule has 0 aromatic heterocycles. The van der Waals surface area contributed by atoms with E-state index in [1.807, 2.05) is 0 Å². The van der Waals surface area contributed by atoms with Crippen molar-refractivity contribution in [3.8, 4) is 0 Å². The molecule has 0 unspecified atom stereocenters. The lowest BCUT2D eigenvalue weighted by molar-refractivity contribution is -0.126. The first kappa shape index (κ1) is 23.0. The van der Waals surface area contributed by atoms with Crippen LogP contribution in [-0.2, 0) is 14.6 Å². The summed E-state index contributed by atoms with van der Waals surface area (Å²) in [5, 5.41) is 2.90. The van der Waals surface area contributed by atoms with Crippen LogP contribution >= 0.6 is 0 Å². The number of nitrogens with one attached hydrogen (secondary N) is 1. The zero-order valence-corrected chi connectivity index (χ0v) is 19.7. The second-order valence-electron chi connectivity index (χ2n) is 9.77. The fraction of sp³-hybridized carbons (Fsp3) is 0.440. The van der Waals surface area contributed by atoms with Crippen LogP contribution in [0.2, 0.25) is 0 Å². The number of aryl methyl sites for hydroxylation is 1. The molecule has 1 heterocycles. The van der Waals surface area contributed by atoms with Gasteiger partial charge in [-0.25, -0.2) is 17.2 Å². The third-order valence-electron chi connectivity index (χ3n) is 7.15. The Hall–Kier alpha value is -2.81. The second-order valence-corrected chi connectivity index (χ2v) is 11.8. The van der Waals surface area contributed by atoms with Gasteiger partial charge in [0, 0.05) is 23.4 Å². The summed E-state index contributed by atoms with van der Waals surface area (Å²) in [5.74, 6) is -1.64. The van der Waals surface area contributed by atoms with Crippen molar-refractivity contribution in [1.29, 1.82) is 0 Å². The number of likely N-dealkylation sites (tertiary alicyclic amines) is 1. The van der Waals surface area contributed by atoms with Gasteiger partial charge in [-0.1, -0.05) is 6.07 Å². The van der Waals surface area contributed by atoms with E-state index in [-0.39, 0.29) is 39.5 Å². The standard InChI is InChI=1S/C25H26F2N2O4S/c1-13-8-20(27)18(12-19(13)26)23(14-6-7-14)28-24(30)22-11-16-10-21(16)29(22)25(31)15-4-3-5-17(9-15)34(2,32)33/h3-5,8-9,12,14,16,21-23H,6-7,10-11H2,1-2H3,(H,28,30)/t16-,21-,22-,23-/m1/s1. The van der Waals surface area contributed by atoms with Crippen molar-refractivity contribution in [1.82, 2.24) is 10.2 Å². The normalized spacial score (nSPS) is 24.5. The van der Waals surface area contributed by atoms with Gasteiger partial charge >= 0.3 is 0 Å². The van der Waals surface area contributed by atoms with Gasteiger partial charge in [0.05, 0.1) is 10.9 Å². The molecule has 1 N–H and O–H groups in total. The Morgan fingerprint density at radius 2 is 1.82 bits per heavy atom. The molecule has 9 heteroatoms. The summed E-state index contributed by atoms with van der Waals surface area (Å²) < 4.78 is 52.7. The molecule has 3 aliphatic rings. The number of carbonyl (C=O) groups excluding carboxylic acids is 2. The first-order valence-electron chi connectivity index (χ1n) is 11.4. The molecule has 6 nitrogen and oxygen atoms in total. The van der Waals surface area contributed by atoms with Crippen LogP contribution in [0.1, 0.15) is 53.2 Å². The van der Waals surface area contributed by atoms with E-state index in [1.54, 1.807) is 6.07 Å². The van der Waals surface area contributed by atoms with Crippen molar-refractivity contribution < 1.29 is 26.8 Å². The molecule has 2 amide bonds. The molecule has 3 fully saturated rings. The number of carbonyl (C=O) groups is 2. The maximum atomic E-state index is 14.7. The Morgan fingerprint density at radius 1 is 1.09 bits per heavy atom. The van der Waals surface area contributed by atoms with Gasteiger partial charge in [0.1, 0.15) is 17.7 Å². The topological polar surface area (TPSA) is 83.6 Å². The van der Waals surface area contributed by atoms with Crippen LogP contribution in [0, 0.1) is 30.4 Å². The lowest BCUT2D eigenvalue weighted by Crippen LogP contribution is -2.49. The molecule has 1 saturated heterocycles. The summed E-state index contributed by atoms with van der Waals surface area (Å²) in [6.45, 7) is 1.49. The summed E-state index contributed by atoms with van der Waals surface area (Å²) in [7, 11) is -3.49. The van der Waals surface area contributed by atoms with Gasteiger partial charge in [0.15, 0.2) is 9.84 Å². The molecular weight excluding hydrogens is 462 g/mol. The molecule has 4 atom stereocenters. The van der Waals surface area contributed by atoms with Gasteiger partial charge in [0.2, 0.25) is 5.91 Å². The minimum atomic E-state index is -3.49. The molecule has 2 aromatic carbocycles. The Balaban J connectivity index is 1.40. The van der Waals surface area contributed by atoms with Crippen LogP contribution in [0.4, 0.5) is 8.78 Å². The Kier molecular flexibility index (Phi) is 5.50. The van der Waals surface area contributed by atoms with Crippen molar-refractivity contribution in [2.75, 3.05) is 6.26 Å². The van der Waals surface area contributed by atoms with Crippen LogP contribution < -0.4 is 5.32 Å². The van der Waals surface area contributed by atoms with Crippen molar-refractivity contribution in [3.63, 3.8) is 0 Å². The van der Waals surface area contributed by atoms with Gasteiger partial charge in [-0.15, -0.1) is 0 Å². The summed E-state index contributed by atoms with van der Waals surface area (Å²) >= 11 is 0. The Labute approximate surface area is 197 Å². The maximum absolute atomic E-state index is 14.7. The minimum absolute atomic E-state index is 0.0205. The number of nitrogens with zero attached hydrogens (tertiary/aromatic N) is 1. The summed E-state index contributed by atoms with van der Waals surface area (Å²) in [6, 6.07) is 6.63. The van der Waals surface area contributed by atoms with Crippen LogP contribution in [0.5, 0.6) is 0 Å². The molecule has 34 heavy (non-hydrogen) atoms. The van der Waals surface area contributed by atoms with Crippen molar-refractivity contribution in [3.05, 3.63) is 64.7 Å². The molecule has 2 saturated carbocycles. The first-order valence-corrected chi connectivity index (χ1v) is 13.3. The molecule has 5 rings (SSSR count). The highest BCUT2D eigenvalue weighted by Crippen LogP contribution is 2.49. The van der Waals surface area contributed by atoms with Crippen LogP contribution in [0.15, 0.2) is 41.3 Å². The number of fused-ring (bicyclic) bond motifs is 1. The number of halogens is 2. The van der Waals surface area contributed by atoms with Gasteiger partial charge in [-0.05, 0) is 80.3 Å². The average Bonchev–Trinajstić information content (AvgIpc) is 3.72. The predicted octanol–water partition coefficient (Wildman–Crippen LogP) is 3.55. The summed E-state index contributed by atoms with van der Waals surface area (Å²) in [5.41, 5.74) is 0.533. The third-order valence-corrected chi connectivity index (χ3v) is 8.27. The van der Waals surface area contributed by atoms with Gasteiger partial charge < -0.3 is 10.2 Å². The SMILES string of the molecule is Cc1cc(F)c([C@H](NC(=O)[C@H]2C[C@H]3C[C@H]3N2C(=O)c2cccc(S(C)(=O)=O)c2)C2CC2)cc1F. The van der Waals surface area contributed by atoms with E-state index in [2.05, 4.69) is 5.32 Å². The minimum Gasteiger partial charge on any atom is -0.347 e. The zero-order valence-electron chi connectivity index (χ0n) is 18.9. The quantitative estimate of drug-likeness (QED) is 0.674. The lowest BCUT2D eigenvalue weighted by atomic mass is 9.99. The fourth-order valence-corrected chi connectivity index (χ4v) is 5.69. The molecule has 0 spiro atoms. The molecule has 0 bridgehead atoms. The van der Waals surface area contributed by atoms with Crippen molar-refractivity contribution in [2.24, 2.45) is 11.8 Å². The number of hydrogen-bond donors (Lipinski definition) is 1. The van der Waals surface area contributed by atoms with E-state index < -0.39 is 45.4 Å². The maximum Gasteiger partial charge on any atom is 0.254 e. The van der Waals surface area contributed by atoms with Crippen LogP contribution in [0.3, 0.4) is 0 Å². The highest BCUT2D eigenvalue weighted by molar-refractivity contribution is 7.90. The smallest absolute Gasteiger partial charge is 0.254 e. The highest BCUT2D eigenvalue weighted by atomic mass is 32.2. The van der Waals surface area contributed by atoms with E-state index in [9.17, 15) is 26.8 Å². The molecule has 1 aliphatic heterocycles. The molecule has 180 valence electrons. The molecule has 0 radical (unpaired) electrons. The van der Waals surface area contributed by atoms with Gasteiger partial charge in [-0.3, -0.25) is 9.59 Å². The Morgan fingerprint density at radius 3 is 2.50 bits per heavy atom. The van der Waals surface area contributed by atoms with Crippen LogP contribution in [0.25, 0.3) is 0 Å². The number of rotatable bonds is 6. The number of benzene rings is 2. The lowest BCUT2D eigenvalue weighted by Gasteiger charge is -2.29. The van der Waals surface area contributed by atoms with Crippen molar-refractivity contribution in [2.45, 2.75) is 55.6 Å². The van der Waals surface area contributed by atoms with Crippen molar-refractivity contribution >= 4 is 21.7 Å². The number of amides is 2. The molecular formula is C25H26F2N2O4S. The third kappa shape index (κ3) is 4.21. The van der Waals surface area contributed by atoms with E-state index >= 15 is 0 Å². The average molecular weight is 489 g/mol. The summed E-state index contributed by atoms with van der Waals surface area (Å²) in [6.07, 6.45) is 3.97. The first-order chi connectivity index (χ1) is 16.0. The number of piperidine rings is 1. The van der Waals surface area contributed by atoms with Crippen LogP contribution in [-0.4, -0.2) is 43.5 Å². The summed E-state index contributed by atoms with van der Waals surface area (Å²) in [4.78, 5) is 28.3. The monoisotopic (exact) mass is 488 g/mol. The van der Waals surface area contributed by atoms with E-state index in [4.69, 9.17) is 0 Å². The second kappa shape index (κ2) is 8.15. The zero-order chi connectivity index (χ0) is 24.4. The Bertz CT molecular complexity index is 1290. The van der Waals surface area contributed by atoms with Gasteiger partial charge in [0.25, 0.3) is 5.91 Å². The predicted molar refractivity (Wildman–Crippen MR) is 121 cm³/mol. The molecule has 2 aliphatic carbocycles. The molecule has 2 aromatic rings. The van der Waals surface area contributed by atoms with E-state index in [0.29, 0.717) is 6.42 Å². The van der Waals surface area contributed by atoms with Gasteiger partial charge in [-0.2, -0.15) is 0 Å².